The van der Waals surface area contributed by atoms with Crippen LogP contribution < -0.4 is 0 Å². The van der Waals surface area contributed by atoms with E-state index < -0.39 is 0 Å². The first-order valence-corrected chi connectivity index (χ1v) is 3.18. The van der Waals surface area contributed by atoms with Gasteiger partial charge >= 0.3 is 0 Å². The average molecular weight is 116 g/mol. The predicted octanol–water partition coefficient (Wildman–Crippen LogP) is 2.57. The summed E-state index contributed by atoms with van der Waals surface area (Å²) in [7, 11) is 2.70. The second-order valence-corrected chi connectivity index (χ2v) is 2.68. The normalized spacial score (nSPS) is 13.7. The largest absolute Gasteiger partial charge is 0.110 e. The van der Waals surface area contributed by atoms with Gasteiger partial charge in [-0.1, -0.05) is 17.8 Å². The second kappa shape index (κ2) is 3.21. The summed E-state index contributed by atoms with van der Waals surface area (Å²) in [6, 6.07) is 0. The van der Waals surface area contributed by atoms with Crippen LogP contribution in [0.1, 0.15) is 27.2 Å². The van der Waals surface area contributed by atoms with Crippen LogP contribution in [-0.4, -0.2) is 0 Å². The van der Waals surface area contributed by atoms with E-state index in [4.69, 9.17) is 0 Å². The van der Waals surface area contributed by atoms with Crippen LogP contribution in [-0.2, 0) is 0 Å². The molecule has 0 aliphatic heterocycles. The van der Waals surface area contributed by atoms with Gasteiger partial charge in [-0.25, -0.2) is 0 Å². The molecule has 0 heterocycles. The van der Waals surface area contributed by atoms with Gasteiger partial charge in [-0.2, -0.15) is 0 Å². The molecule has 1 unspecified atom stereocenters. The molecule has 0 rings (SSSR count). The first-order chi connectivity index (χ1) is 3.18. The number of allylic oxidation sites excluding steroid dienone is 2. The van der Waals surface area contributed by atoms with E-state index in [1.54, 1.807) is 0 Å². The number of rotatable bonds is 1. The Kier molecular flexibility index (Phi) is 3.29. The maximum Gasteiger partial charge on any atom is -0.0346 e. The number of hydrogen-bond donors (Lipinski definition) is 0. The lowest BCUT2D eigenvalue weighted by molar-refractivity contribution is 1.09. The first kappa shape index (κ1) is 7.17. The smallest absolute Gasteiger partial charge is 0.0346 e. The highest BCUT2D eigenvalue weighted by molar-refractivity contribution is 7.22. The minimum absolute atomic E-state index is 1.18. The Balaban J connectivity index is 3.72. The highest BCUT2D eigenvalue weighted by Gasteiger charge is 1.83. The molecule has 0 aromatic heterocycles. The molecule has 0 aliphatic rings. The van der Waals surface area contributed by atoms with Crippen LogP contribution >= 0.6 is 9.24 Å². The molecule has 0 saturated heterocycles. The fourth-order valence-corrected chi connectivity index (χ4v) is 0.483. The van der Waals surface area contributed by atoms with Crippen LogP contribution in [0.15, 0.2) is 10.9 Å². The van der Waals surface area contributed by atoms with E-state index >= 15 is 0 Å². The van der Waals surface area contributed by atoms with Crippen molar-refractivity contribution in [2.75, 3.05) is 0 Å². The maximum atomic E-state index is 2.70. The van der Waals surface area contributed by atoms with Crippen molar-refractivity contribution < 1.29 is 0 Å². The molecule has 42 valence electrons. The average Bonchev–Trinajstić information content (AvgIpc) is 1.65. The fraction of sp³-hybridized carbons (Fsp3) is 0.667. The Labute approximate surface area is 48.2 Å². The van der Waals surface area contributed by atoms with Crippen molar-refractivity contribution >= 4 is 9.24 Å². The lowest BCUT2D eigenvalue weighted by Crippen LogP contribution is -1.70. The summed E-state index contributed by atoms with van der Waals surface area (Å²) in [5.74, 6) is 0. The molecule has 0 saturated carbocycles. The summed E-state index contributed by atoms with van der Waals surface area (Å²) in [4.78, 5) is 0. The van der Waals surface area contributed by atoms with Gasteiger partial charge in [0.2, 0.25) is 0 Å². The Bertz CT molecular complexity index is 78.2. The predicted molar refractivity (Wildman–Crippen MR) is 38.4 cm³/mol. The molecular weight excluding hydrogens is 103 g/mol. The summed E-state index contributed by atoms with van der Waals surface area (Å²) < 4.78 is 0. The molecule has 0 aromatic rings. The maximum absolute atomic E-state index is 2.70. The molecule has 0 fully saturated rings. The van der Waals surface area contributed by atoms with E-state index in [9.17, 15) is 0 Å². The molecule has 1 atom stereocenters. The molecule has 0 amide bonds. The van der Waals surface area contributed by atoms with Crippen LogP contribution in [0.5, 0.6) is 0 Å². The monoisotopic (exact) mass is 116 g/mol. The lowest BCUT2D eigenvalue weighted by Gasteiger charge is -1.94. The van der Waals surface area contributed by atoms with E-state index in [0.717, 1.165) is 0 Å². The second-order valence-electron chi connectivity index (χ2n) is 1.82. The number of hydrogen-bond acceptors (Lipinski definition) is 0. The van der Waals surface area contributed by atoms with Gasteiger partial charge in [0, 0.05) is 0 Å². The van der Waals surface area contributed by atoms with Crippen LogP contribution in [0, 0.1) is 0 Å². The summed E-state index contributed by atoms with van der Waals surface area (Å²) in [5.41, 5.74) is 1.48. The molecule has 0 aromatic carbocycles. The van der Waals surface area contributed by atoms with Crippen LogP contribution in [0.2, 0.25) is 0 Å². The third kappa shape index (κ3) is 2.82. The Morgan fingerprint density at radius 2 is 1.86 bits per heavy atom. The molecule has 0 nitrogen and oxygen atoms in total. The van der Waals surface area contributed by atoms with Gasteiger partial charge in [0.25, 0.3) is 0 Å². The summed E-state index contributed by atoms with van der Waals surface area (Å²) >= 11 is 0. The van der Waals surface area contributed by atoms with Crippen molar-refractivity contribution in [2.24, 2.45) is 0 Å². The molecule has 7 heavy (non-hydrogen) atoms. The highest BCUT2D eigenvalue weighted by Crippen LogP contribution is 2.12. The van der Waals surface area contributed by atoms with E-state index in [0.29, 0.717) is 0 Å². The zero-order valence-corrected chi connectivity index (χ0v) is 6.44. The SMILES string of the molecule is CC/C(C)=C(\C)P. The van der Waals surface area contributed by atoms with Crippen LogP contribution in [0.4, 0.5) is 0 Å². The minimum Gasteiger partial charge on any atom is -0.110 e. The minimum atomic E-state index is 1.18. The molecule has 0 bridgehead atoms. The van der Waals surface area contributed by atoms with Gasteiger partial charge in [0.05, 0.1) is 0 Å². The summed E-state index contributed by atoms with van der Waals surface area (Å²) in [6.45, 7) is 6.44. The molecule has 0 spiro atoms. The first-order valence-electron chi connectivity index (χ1n) is 2.60. The van der Waals surface area contributed by atoms with Crippen molar-refractivity contribution in [2.45, 2.75) is 27.2 Å². The lowest BCUT2D eigenvalue weighted by atomic mass is 10.2. The van der Waals surface area contributed by atoms with Crippen molar-refractivity contribution in [1.82, 2.24) is 0 Å². The zero-order valence-electron chi connectivity index (χ0n) is 5.28. The Morgan fingerprint density at radius 1 is 1.43 bits per heavy atom. The standard InChI is InChI=1S/C6H13P/c1-4-5(2)6(3)7/h4,7H2,1-3H3/b6-5+. The fourth-order valence-electron chi connectivity index (χ4n) is 0.279. The van der Waals surface area contributed by atoms with Crippen molar-refractivity contribution in [3.63, 3.8) is 0 Å². The van der Waals surface area contributed by atoms with Crippen LogP contribution in [0.25, 0.3) is 0 Å². The zero-order chi connectivity index (χ0) is 5.86. The molecule has 0 aliphatic carbocycles. The van der Waals surface area contributed by atoms with Crippen molar-refractivity contribution in [3.05, 3.63) is 10.9 Å². The highest BCUT2D eigenvalue weighted by atomic mass is 31.0. The van der Waals surface area contributed by atoms with E-state index in [2.05, 4.69) is 30.0 Å². The molecular formula is C6H13P. The third-order valence-electron chi connectivity index (χ3n) is 1.20. The summed E-state index contributed by atoms with van der Waals surface area (Å²) in [6.07, 6.45) is 1.18. The van der Waals surface area contributed by atoms with Gasteiger partial charge in [-0.3, -0.25) is 0 Å². The third-order valence-corrected chi connectivity index (χ3v) is 1.70. The van der Waals surface area contributed by atoms with E-state index in [1.807, 2.05) is 0 Å². The summed E-state index contributed by atoms with van der Waals surface area (Å²) in [5, 5.41) is 1.38. The van der Waals surface area contributed by atoms with E-state index in [-0.39, 0.29) is 0 Å². The van der Waals surface area contributed by atoms with Gasteiger partial charge in [0.1, 0.15) is 0 Å². The molecule has 1 heteroatoms. The Hall–Kier alpha value is 0.170. The van der Waals surface area contributed by atoms with E-state index in [1.165, 1.54) is 17.3 Å². The van der Waals surface area contributed by atoms with Gasteiger partial charge in [-0.05, 0) is 20.3 Å². The quantitative estimate of drug-likeness (QED) is 0.462. The molecule has 0 N–H and O–H groups in total. The molecule has 0 radical (unpaired) electrons. The Morgan fingerprint density at radius 3 is 1.86 bits per heavy atom. The van der Waals surface area contributed by atoms with Crippen molar-refractivity contribution in [1.29, 1.82) is 0 Å². The van der Waals surface area contributed by atoms with Gasteiger partial charge in [0.15, 0.2) is 0 Å². The van der Waals surface area contributed by atoms with Gasteiger partial charge in [-0.15, -0.1) is 9.24 Å². The van der Waals surface area contributed by atoms with Crippen LogP contribution in [0.3, 0.4) is 0 Å². The topological polar surface area (TPSA) is 0 Å². The van der Waals surface area contributed by atoms with Crippen molar-refractivity contribution in [3.8, 4) is 0 Å². The van der Waals surface area contributed by atoms with Gasteiger partial charge < -0.3 is 0 Å².